The first kappa shape index (κ1) is 13.8. The number of carbonyl (C=O) groups is 1. The van der Waals surface area contributed by atoms with Crippen molar-refractivity contribution < 1.29 is 4.79 Å². The Hall–Kier alpha value is -2.62. The first-order valence-electron chi connectivity index (χ1n) is 6.47. The molecule has 4 heteroatoms. The predicted octanol–water partition coefficient (Wildman–Crippen LogP) is 2.60. The van der Waals surface area contributed by atoms with Crippen molar-refractivity contribution in [1.82, 2.24) is 5.43 Å². The number of nitrogen functional groups attached to an aromatic ring is 1. The normalized spacial score (nSPS) is 10.7. The number of anilines is 1. The zero-order chi connectivity index (χ0) is 14.4. The van der Waals surface area contributed by atoms with E-state index < -0.39 is 0 Å². The van der Waals surface area contributed by atoms with E-state index in [0.29, 0.717) is 11.3 Å². The molecule has 0 aliphatic carbocycles. The molecule has 0 aromatic heterocycles. The molecule has 0 aliphatic heterocycles. The summed E-state index contributed by atoms with van der Waals surface area (Å²) in [7, 11) is 0. The third-order valence-electron chi connectivity index (χ3n) is 2.94. The topological polar surface area (TPSA) is 67.5 Å². The van der Waals surface area contributed by atoms with Crippen molar-refractivity contribution in [2.75, 3.05) is 5.73 Å². The largest absolute Gasteiger partial charge is 0.399 e. The quantitative estimate of drug-likeness (QED) is 0.508. The molecule has 2 aromatic carbocycles. The standard InChI is InChI=1S/C16H17N3O/c1-2-12-3-5-13(6-4-12)11-18-19-16(20)14-7-9-15(17)10-8-14/h3-11H,2,17H2,1H3,(H,19,20)/b18-11-. The van der Waals surface area contributed by atoms with Crippen LogP contribution in [0.2, 0.25) is 0 Å². The van der Waals surface area contributed by atoms with E-state index >= 15 is 0 Å². The number of nitrogens with zero attached hydrogens (tertiary/aromatic N) is 1. The summed E-state index contributed by atoms with van der Waals surface area (Å²) in [4.78, 5) is 11.8. The molecule has 2 rings (SSSR count). The smallest absolute Gasteiger partial charge is 0.271 e. The fourth-order valence-electron chi connectivity index (χ4n) is 1.70. The van der Waals surface area contributed by atoms with E-state index in [-0.39, 0.29) is 5.91 Å². The third kappa shape index (κ3) is 3.68. The summed E-state index contributed by atoms with van der Waals surface area (Å²) in [5, 5.41) is 3.94. The lowest BCUT2D eigenvalue weighted by Crippen LogP contribution is -2.17. The molecular formula is C16H17N3O. The molecule has 0 radical (unpaired) electrons. The highest BCUT2D eigenvalue weighted by molar-refractivity contribution is 5.95. The fourth-order valence-corrected chi connectivity index (χ4v) is 1.70. The van der Waals surface area contributed by atoms with E-state index in [2.05, 4.69) is 17.5 Å². The molecule has 0 fully saturated rings. The van der Waals surface area contributed by atoms with Gasteiger partial charge in [0, 0.05) is 11.3 Å². The van der Waals surface area contributed by atoms with Gasteiger partial charge in [-0.05, 0) is 41.8 Å². The molecule has 20 heavy (non-hydrogen) atoms. The van der Waals surface area contributed by atoms with E-state index in [4.69, 9.17) is 5.73 Å². The highest BCUT2D eigenvalue weighted by Gasteiger charge is 2.02. The minimum atomic E-state index is -0.258. The van der Waals surface area contributed by atoms with E-state index in [0.717, 1.165) is 12.0 Å². The SMILES string of the molecule is CCc1ccc(/C=N\NC(=O)c2ccc(N)cc2)cc1. The molecule has 3 N–H and O–H groups in total. The number of hydrazone groups is 1. The average molecular weight is 267 g/mol. The van der Waals surface area contributed by atoms with Gasteiger partial charge in [-0.2, -0.15) is 5.10 Å². The zero-order valence-electron chi connectivity index (χ0n) is 11.3. The summed E-state index contributed by atoms with van der Waals surface area (Å²) in [6.45, 7) is 2.11. The van der Waals surface area contributed by atoms with Gasteiger partial charge in [-0.3, -0.25) is 4.79 Å². The lowest BCUT2D eigenvalue weighted by molar-refractivity contribution is 0.0955. The van der Waals surface area contributed by atoms with Gasteiger partial charge in [0.05, 0.1) is 6.21 Å². The fraction of sp³-hybridized carbons (Fsp3) is 0.125. The summed E-state index contributed by atoms with van der Waals surface area (Å²) < 4.78 is 0. The van der Waals surface area contributed by atoms with Crippen LogP contribution in [-0.4, -0.2) is 12.1 Å². The second kappa shape index (κ2) is 6.52. The Kier molecular flexibility index (Phi) is 4.50. The van der Waals surface area contributed by atoms with Gasteiger partial charge in [0.2, 0.25) is 0 Å². The lowest BCUT2D eigenvalue weighted by atomic mass is 10.1. The molecular weight excluding hydrogens is 250 g/mol. The summed E-state index contributed by atoms with van der Waals surface area (Å²) in [6, 6.07) is 14.7. The number of benzene rings is 2. The summed E-state index contributed by atoms with van der Waals surface area (Å²) in [6.07, 6.45) is 2.62. The van der Waals surface area contributed by atoms with Gasteiger partial charge in [0.1, 0.15) is 0 Å². The van der Waals surface area contributed by atoms with Crippen LogP contribution >= 0.6 is 0 Å². The Bertz CT molecular complexity index is 601. The summed E-state index contributed by atoms with van der Waals surface area (Å²) in [5.41, 5.74) is 11.4. The highest BCUT2D eigenvalue weighted by Crippen LogP contribution is 2.05. The van der Waals surface area contributed by atoms with Crippen molar-refractivity contribution in [2.45, 2.75) is 13.3 Å². The van der Waals surface area contributed by atoms with Gasteiger partial charge in [-0.25, -0.2) is 5.43 Å². The maximum atomic E-state index is 11.8. The Morgan fingerprint density at radius 1 is 1.15 bits per heavy atom. The van der Waals surface area contributed by atoms with Crippen molar-refractivity contribution in [3.63, 3.8) is 0 Å². The van der Waals surface area contributed by atoms with Crippen molar-refractivity contribution >= 4 is 17.8 Å². The van der Waals surface area contributed by atoms with Crippen molar-refractivity contribution in [3.05, 3.63) is 65.2 Å². The molecule has 102 valence electrons. The van der Waals surface area contributed by atoms with Crippen LogP contribution in [0.5, 0.6) is 0 Å². The molecule has 0 unspecified atom stereocenters. The first-order valence-corrected chi connectivity index (χ1v) is 6.47. The number of rotatable bonds is 4. The molecule has 0 atom stereocenters. The van der Waals surface area contributed by atoms with E-state index in [1.807, 2.05) is 24.3 Å². The van der Waals surface area contributed by atoms with Crippen molar-refractivity contribution in [1.29, 1.82) is 0 Å². The Morgan fingerprint density at radius 3 is 2.40 bits per heavy atom. The number of amides is 1. The highest BCUT2D eigenvalue weighted by atomic mass is 16.2. The number of hydrogen-bond donors (Lipinski definition) is 2. The molecule has 4 nitrogen and oxygen atoms in total. The molecule has 2 aromatic rings. The molecule has 0 heterocycles. The third-order valence-corrected chi connectivity index (χ3v) is 2.94. The number of carbonyl (C=O) groups excluding carboxylic acids is 1. The summed E-state index contributed by atoms with van der Waals surface area (Å²) >= 11 is 0. The number of nitrogens with two attached hydrogens (primary N) is 1. The van der Waals surface area contributed by atoms with Crippen LogP contribution in [0.1, 0.15) is 28.4 Å². The molecule has 0 saturated carbocycles. The molecule has 1 amide bonds. The summed E-state index contributed by atoms with van der Waals surface area (Å²) in [5.74, 6) is -0.258. The lowest BCUT2D eigenvalue weighted by Gasteiger charge is -2.00. The van der Waals surface area contributed by atoms with E-state index in [9.17, 15) is 4.79 Å². The molecule has 0 saturated heterocycles. The second-order valence-corrected chi connectivity index (χ2v) is 4.42. The maximum Gasteiger partial charge on any atom is 0.271 e. The van der Waals surface area contributed by atoms with Gasteiger partial charge in [0.15, 0.2) is 0 Å². The Balaban J connectivity index is 1.95. The van der Waals surface area contributed by atoms with Gasteiger partial charge >= 0.3 is 0 Å². The zero-order valence-corrected chi connectivity index (χ0v) is 11.3. The Labute approximate surface area is 118 Å². The minimum absolute atomic E-state index is 0.258. The predicted molar refractivity (Wildman–Crippen MR) is 81.7 cm³/mol. The van der Waals surface area contributed by atoms with Crippen LogP contribution in [0.4, 0.5) is 5.69 Å². The molecule has 0 spiro atoms. The van der Waals surface area contributed by atoms with Crippen LogP contribution in [0.15, 0.2) is 53.6 Å². The number of hydrogen-bond acceptors (Lipinski definition) is 3. The monoisotopic (exact) mass is 267 g/mol. The molecule has 0 aliphatic rings. The van der Waals surface area contributed by atoms with Crippen LogP contribution in [0, 0.1) is 0 Å². The number of nitrogens with one attached hydrogen (secondary N) is 1. The van der Waals surface area contributed by atoms with Crippen LogP contribution in [0.25, 0.3) is 0 Å². The van der Waals surface area contributed by atoms with Crippen molar-refractivity contribution in [3.8, 4) is 0 Å². The number of aryl methyl sites for hydroxylation is 1. The van der Waals surface area contributed by atoms with Crippen LogP contribution in [0.3, 0.4) is 0 Å². The van der Waals surface area contributed by atoms with Gasteiger partial charge in [-0.15, -0.1) is 0 Å². The molecule has 0 bridgehead atoms. The van der Waals surface area contributed by atoms with Crippen molar-refractivity contribution in [2.24, 2.45) is 5.10 Å². The Morgan fingerprint density at radius 2 is 1.80 bits per heavy atom. The van der Waals surface area contributed by atoms with Crippen LogP contribution in [-0.2, 0) is 6.42 Å². The minimum Gasteiger partial charge on any atom is -0.399 e. The van der Waals surface area contributed by atoms with E-state index in [1.54, 1.807) is 30.5 Å². The van der Waals surface area contributed by atoms with Gasteiger partial charge in [0.25, 0.3) is 5.91 Å². The van der Waals surface area contributed by atoms with Crippen LogP contribution < -0.4 is 11.2 Å². The average Bonchev–Trinajstić information content (AvgIpc) is 2.48. The van der Waals surface area contributed by atoms with Gasteiger partial charge in [-0.1, -0.05) is 31.2 Å². The first-order chi connectivity index (χ1) is 9.69. The second-order valence-electron chi connectivity index (χ2n) is 4.42. The van der Waals surface area contributed by atoms with E-state index in [1.165, 1.54) is 5.56 Å². The maximum absolute atomic E-state index is 11.8. The van der Waals surface area contributed by atoms with Gasteiger partial charge < -0.3 is 5.73 Å².